The van der Waals surface area contributed by atoms with Gasteiger partial charge in [-0.2, -0.15) is 0 Å². The summed E-state index contributed by atoms with van der Waals surface area (Å²) in [5.74, 6) is 0. The van der Waals surface area contributed by atoms with Crippen LogP contribution in [0, 0.1) is 5.41 Å². The second kappa shape index (κ2) is 4.97. The van der Waals surface area contributed by atoms with Gasteiger partial charge in [-0.1, -0.05) is 40.5 Å². The Labute approximate surface area is 116 Å². The average molecular weight is 265 g/mol. The molecule has 0 bridgehead atoms. The van der Waals surface area contributed by atoms with E-state index >= 15 is 0 Å². The Morgan fingerprint density at radius 2 is 1.89 bits per heavy atom. The molecule has 18 heavy (non-hydrogen) atoms. The van der Waals surface area contributed by atoms with E-state index in [1.807, 2.05) is 11.3 Å². The quantitative estimate of drug-likeness (QED) is 0.816. The summed E-state index contributed by atoms with van der Waals surface area (Å²) in [5.41, 5.74) is 7.24. The normalized spacial score (nSPS) is 21.2. The highest BCUT2D eigenvalue weighted by Gasteiger charge is 2.39. The Morgan fingerprint density at radius 3 is 2.33 bits per heavy atom. The van der Waals surface area contributed by atoms with E-state index < -0.39 is 0 Å². The zero-order chi connectivity index (χ0) is 13.4. The van der Waals surface area contributed by atoms with Crippen molar-refractivity contribution in [3.8, 4) is 0 Å². The van der Waals surface area contributed by atoms with Crippen molar-refractivity contribution in [1.82, 2.24) is 0 Å². The van der Waals surface area contributed by atoms with E-state index in [0.29, 0.717) is 5.41 Å². The van der Waals surface area contributed by atoms with Crippen LogP contribution in [0.5, 0.6) is 0 Å². The number of hydrogen-bond donors (Lipinski definition) is 1. The highest BCUT2D eigenvalue weighted by molar-refractivity contribution is 7.12. The summed E-state index contributed by atoms with van der Waals surface area (Å²) in [6.07, 6.45) is 6.57. The van der Waals surface area contributed by atoms with Crippen LogP contribution in [0.2, 0.25) is 0 Å². The lowest BCUT2D eigenvalue weighted by Crippen LogP contribution is -2.31. The number of hydrogen-bond acceptors (Lipinski definition) is 2. The first kappa shape index (κ1) is 14.1. The standard InChI is InChI=1S/C16H27NS/c1-5-16(10-6-7-11-16)14(17)12-8-9-13(18-12)15(2,3)4/h8-9,14H,5-7,10-11,17H2,1-4H3. The van der Waals surface area contributed by atoms with E-state index in [0.717, 1.165) is 0 Å². The SMILES string of the molecule is CCC1(C(N)c2ccc(C(C)(C)C)s2)CCCC1. The van der Waals surface area contributed by atoms with E-state index in [1.54, 1.807) is 0 Å². The van der Waals surface area contributed by atoms with Gasteiger partial charge in [-0.25, -0.2) is 0 Å². The molecule has 0 spiro atoms. The summed E-state index contributed by atoms with van der Waals surface area (Å²) in [5, 5.41) is 0. The van der Waals surface area contributed by atoms with Crippen molar-refractivity contribution in [2.45, 2.75) is 71.3 Å². The van der Waals surface area contributed by atoms with E-state index in [-0.39, 0.29) is 11.5 Å². The van der Waals surface area contributed by atoms with Gasteiger partial charge in [0, 0.05) is 15.8 Å². The molecule has 2 rings (SSSR count). The van der Waals surface area contributed by atoms with E-state index in [1.165, 1.54) is 41.9 Å². The van der Waals surface area contributed by atoms with Crippen LogP contribution < -0.4 is 5.73 Å². The van der Waals surface area contributed by atoms with Gasteiger partial charge in [-0.3, -0.25) is 0 Å². The summed E-state index contributed by atoms with van der Waals surface area (Å²) >= 11 is 1.92. The first-order valence-electron chi connectivity index (χ1n) is 7.25. The molecule has 0 aliphatic heterocycles. The summed E-state index contributed by atoms with van der Waals surface area (Å²) < 4.78 is 0. The van der Waals surface area contributed by atoms with Crippen molar-refractivity contribution in [2.24, 2.45) is 11.1 Å². The van der Waals surface area contributed by atoms with Gasteiger partial charge in [-0.15, -0.1) is 11.3 Å². The molecular formula is C16H27NS. The minimum absolute atomic E-state index is 0.242. The van der Waals surface area contributed by atoms with Crippen LogP contribution >= 0.6 is 11.3 Å². The predicted molar refractivity (Wildman–Crippen MR) is 81.1 cm³/mol. The molecule has 0 aromatic carbocycles. The Morgan fingerprint density at radius 1 is 1.28 bits per heavy atom. The second-order valence-electron chi connectivity index (χ2n) is 6.85. The monoisotopic (exact) mass is 265 g/mol. The van der Waals surface area contributed by atoms with Crippen molar-refractivity contribution in [3.63, 3.8) is 0 Å². The lowest BCUT2D eigenvalue weighted by atomic mass is 9.76. The van der Waals surface area contributed by atoms with Crippen molar-refractivity contribution in [1.29, 1.82) is 0 Å². The molecule has 1 aromatic heterocycles. The van der Waals surface area contributed by atoms with Crippen molar-refractivity contribution >= 4 is 11.3 Å². The molecule has 0 amide bonds. The maximum atomic E-state index is 6.61. The Bertz CT molecular complexity index is 393. The fourth-order valence-corrected chi connectivity index (χ4v) is 4.40. The summed E-state index contributed by atoms with van der Waals surface area (Å²) in [6, 6.07) is 4.79. The molecule has 1 fully saturated rings. The highest BCUT2D eigenvalue weighted by atomic mass is 32.1. The Kier molecular flexibility index (Phi) is 3.89. The van der Waals surface area contributed by atoms with Crippen LogP contribution in [-0.4, -0.2) is 0 Å². The van der Waals surface area contributed by atoms with Crippen molar-refractivity contribution < 1.29 is 0 Å². The van der Waals surface area contributed by atoms with E-state index in [4.69, 9.17) is 5.73 Å². The molecule has 1 aliphatic carbocycles. The predicted octanol–water partition coefficient (Wildman–Crippen LogP) is 5.02. The van der Waals surface area contributed by atoms with Gasteiger partial charge in [0.05, 0.1) is 0 Å². The number of thiophene rings is 1. The third kappa shape index (κ3) is 2.50. The molecule has 1 atom stereocenters. The molecular weight excluding hydrogens is 238 g/mol. The summed E-state index contributed by atoms with van der Waals surface area (Å²) in [6.45, 7) is 9.14. The highest BCUT2D eigenvalue weighted by Crippen LogP contribution is 2.50. The fraction of sp³-hybridized carbons (Fsp3) is 0.750. The van der Waals surface area contributed by atoms with Crippen molar-refractivity contribution in [2.75, 3.05) is 0 Å². The molecule has 2 heteroatoms. The molecule has 0 radical (unpaired) electrons. The number of rotatable bonds is 3. The van der Waals surface area contributed by atoms with Crippen LogP contribution in [0.15, 0.2) is 12.1 Å². The Hall–Kier alpha value is -0.340. The molecule has 1 heterocycles. The molecule has 1 nitrogen and oxygen atoms in total. The van der Waals surface area contributed by atoms with Crippen LogP contribution in [0.4, 0.5) is 0 Å². The first-order valence-corrected chi connectivity index (χ1v) is 8.06. The zero-order valence-corrected chi connectivity index (χ0v) is 13.1. The van der Waals surface area contributed by atoms with Gasteiger partial charge in [0.2, 0.25) is 0 Å². The fourth-order valence-electron chi connectivity index (χ4n) is 3.19. The Balaban J connectivity index is 2.23. The lowest BCUT2D eigenvalue weighted by Gasteiger charge is -2.33. The molecule has 1 aromatic rings. The van der Waals surface area contributed by atoms with Gasteiger partial charge < -0.3 is 5.73 Å². The van der Waals surface area contributed by atoms with Gasteiger partial charge >= 0.3 is 0 Å². The molecule has 2 N–H and O–H groups in total. The topological polar surface area (TPSA) is 26.0 Å². The number of nitrogens with two attached hydrogens (primary N) is 1. The smallest absolute Gasteiger partial charge is 0.0446 e. The average Bonchev–Trinajstić information content (AvgIpc) is 2.97. The third-order valence-corrected chi connectivity index (χ3v) is 6.23. The third-order valence-electron chi connectivity index (χ3n) is 4.64. The molecule has 0 saturated heterocycles. The maximum absolute atomic E-state index is 6.61. The molecule has 102 valence electrons. The van der Waals surface area contributed by atoms with Crippen LogP contribution in [0.1, 0.15) is 75.6 Å². The van der Waals surface area contributed by atoms with Crippen LogP contribution in [-0.2, 0) is 5.41 Å². The van der Waals surface area contributed by atoms with Crippen molar-refractivity contribution in [3.05, 3.63) is 21.9 Å². The minimum Gasteiger partial charge on any atom is -0.323 e. The van der Waals surface area contributed by atoms with Gasteiger partial charge in [0.15, 0.2) is 0 Å². The van der Waals surface area contributed by atoms with Gasteiger partial charge in [-0.05, 0) is 42.2 Å². The summed E-state index contributed by atoms with van der Waals surface area (Å²) in [4.78, 5) is 2.85. The molecule has 1 aliphatic rings. The molecule has 1 saturated carbocycles. The maximum Gasteiger partial charge on any atom is 0.0446 e. The van der Waals surface area contributed by atoms with Gasteiger partial charge in [0.25, 0.3) is 0 Å². The lowest BCUT2D eigenvalue weighted by molar-refractivity contribution is 0.225. The second-order valence-corrected chi connectivity index (χ2v) is 7.97. The molecule has 1 unspecified atom stereocenters. The van der Waals surface area contributed by atoms with E-state index in [2.05, 4.69) is 39.8 Å². The largest absolute Gasteiger partial charge is 0.323 e. The first-order chi connectivity index (χ1) is 8.39. The van der Waals surface area contributed by atoms with Gasteiger partial charge in [0.1, 0.15) is 0 Å². The van der Waals surface area contributed by atoms with Crippen LogP contribution in [0.3, 0.4) is 0 Å². The van der Waals surface area contributed by atoms with E-state index in [9.17, 15) is 0 Å². The zero-order valence-electron chi connectivity index (χ0n) is 12.3. The van der Waals surface area contributed by atoms with Crippen LogP contribution in [0.25, 0.3) is 0 Å². The minimum atomic E-state index is 0.242. The summed E-state index contributed by atoms with van der Waals surface area (Å²) in [7, 11) is 0.